The Balaban J connectivity index is 1.41. The van der Waals surface area contributed by atoms with Crippen molar-refractivity contribution >= 4 is 40.8 Å². The minimum atomic E-state index is -0.687. The van der Waals surface area contributed by atoms with E-state index in [-0.39, 0.29) is 24.0 Å². The molecule has 0 bridgehead atoms. The highest BCUT2D eigenvalue weighted by atomic mass is 16.5. The van der Waals surface area contributed by atoms with Gasteiger partial charge in [0.25, 0.3) is 11.8 Å². The van der Waals surface area contributed by atoms with Crippen molar-refractivity contribution in [2.24, 2.45) is 0 Å². The molecule has 3 aromatic rings. The number of esters is 1. The Kier molecular flexibility index (Phi) is 8.99. The number of anilines is 3. The first kappa shape index (κ1) is 25.8. The third kappa shape index (κ3) is 8.17. The lowest BCUT2D eigenvalue weighted by Crippen LogP contribution is -2.21. The SMILES string of the molecule is COc1cccc(NC(=O)COc2ccc(C(=O)OCC(=O)Nc3ccc(NC(C)=O)cc3)cc2)c1. The predicted molar refractivity (Wildman–Crippen MR) is 133 cm³/mol. The van der Waals surface area contributed by atoms with E-state index in [4.69, 9.17) is 14.2 Å². The van der Waals surface area contributed by atoms with Crippen LogP contribution in [0.3, 0.4) is 0 Å². The van der Waals surface area contributed by atoms with Crippen LogP contribution in [0.5, 0.6) is 11.5 Å². The Hall–Kier alpha value is -4.86. The molecule has 0 saturated heterocycles. The second kappa shape index (κ2) is 12.6. The van der Waals surface area contributed by atoms with Gasteiger partial charge in [-0.1, -0.05) is 6.07 Å². The van der Waals surface area contributed by atoms with Gasteiger partial charge < -0.3 is 30.2 Å². The van der Waals surface area contributed by atoms with Crippen molar-refractivity contribution in [3.05, 3.63) is 78.4 Å². The van der Waals surface area contributed by atoms with Gasteiger partial charge in [0, 0.05) is 30.1 Å². The third-order valence-electron chi connectivity index (χ3n) is 4.64. The Morgan fingerprint density at radius 3 is 1.94 bits per heavy atom. The molecule has 0 spiro atoms. The minimum absolute atomic E-state index is 0.201. The van der Waals surface area contributed by atoms with E-state index < -0.39 is 18.5 Å². The maximum atomic E-state index is 12.2. The summed E-state index contributed by atoms with van der Waals surface area (Å²) in [4.78, 5) is 47.4. The Labute approximate surface area is 207 Å². The quantitative estimate of drug-likeness (QED) is 0.370. The van der Waals surface area contributed by atoms with E-state index >= 15 is 0 Å². The molecular weight excluding hydrogens is 466 g/mol. The molecule has 3 rings (SSSR count). The molecular formula is C26H25N3O7. The second-order valence-electron chi connectivity index (χ2n) is 7.48. The number of carbonyl (C=O) groups is 4. The second-order valence-corrected chi connectivity index (χ2v) is 7.48. The van der Waals surface area contributed by atoms with Crippen LogP contribution in [0.1, 0.15) is 17.3 Å². The predicted octanol–water partition coefficient (Wildman–Crippen LogP) is 3.47. The largest absolute Gasteiger partial charge is 0.497 e. The average molecular weight is 492 g/mol. The minimum Gasteiger partial charge on any atom is -0.497 e. The smallest absolute Gasteiger partial charge is 0.338 e. The highest BCUT2D eigenvalue weighted by Gasteiger charge is 2.11. The van der Waals surface area contributed by atoms with Gasteiger partial charge >= 0.3 is 5.97 Å². The molecule has 0 aromatic heterocycles. The fourth-order valence-corrected chi connectivity index (χ4v) is 2.99. The number of amides is 3. The van der Waals surface area contributed by atoms with Crippen molar-refractivity contribution in [1.29, 1.82) is 0 Å². The number of benzene rings is 3. The van der Waals surface area contributed by atoms with Crippen molar-refractivity contribution in [2.45, 2.75) is 6.92 Å². The topological polar surface area (TPSA) is 132 Å². The van der Waals surface area contributed by atoms with Crippen LogP contribution < -0.4 is 25.4 Å². The van der Waals surface area contributed by atoms with Crippen LogP contribution in [0.25, 0.3) is 0 Å². The normalized spacial score (nSPS) is 10.1. The summed E-state index contributed by atoms with van der Waals surface area (Å²) in [5, 5.41) is 7.91. The summed E-state index contributed by atoms with van der Waals surface area (Å²) >= 11 is 0. The summed E-state index contributed by atoms with van der Waals surface area (Å²) in [6, 6.07) is 19.4. The van der Waals surface area contributed by atoms with E-state index in [1.54, 1.807) is 48.5 Å². The monoisotopic (exact) mass is 491 g/mol. The van der Waals surface area contributed by atoms with Gasteiger partial charge in [0.1, 0.15) is 11.5 Å². The van der Waals surface area contributed by atoms with Crippen LogP contribution in [-0.2, 0) is 19.1 Å². The van der Waals surface area contributed by atoms with Crippen molar-refractivity contribution < 1.29 is 33.4 Å². The molecule has 0 fully saturated rings. The molecule has 3 N–H and O–H groups in total. The molecule has 0 radical (unpaired) electrons. The lowest BCUT2D eigenvalue weighted by atomic mass is 10.2. The van der Waals surface area contributed by atoms with E-state index in [0.717, 1.165) is 0 Å². The van der Waals surface area contributed by atoms with E-state index in [0.29, 0.717) is 28.6 Å². The molecule has 10 heteroatoms. The number of hydrogen-bond donors (Lipinski definition) is 3. The number of rotatable bonds is 10. The van der Waals surface area contributed by atoms with Crippen LogP contribution in [0.15, 0.2) is 72.8 Å². The van der Waals surface area contributed by atoms with Gasteiger partial charge in [-0.15, -0.1) is 0 Å². The molecule has 0 heterocycles. The summed E-state index contributed by atoms with van der Waals surface area (Å²) in [7, 11) is 1.54. The van der Waals surface area contributed by atoms with E-state index in [1.807, 2.05) is 0 Å². The van der Waals surface area contributed by atoms with Gasteiger partial charge in [-0.25, -0.2) is 4.79 Å². The maximum absolute atomic E-state index is 12.2. The molecule has 0 atom stereocenters. The number of carbonyl (C=O) groups excluding carboxylic acids is 4. The zero-order chi connectivity index (χ0) is 25.9. The zero-order valence-electron chi connectivity index (χ0n) is 19.7. The molecule has 0 saturated carbocycles. The summed E-state index contributed by atoms with van der Waals surface area (Å²) in [5.74, 6) is -0.763. The van der Waals surface area contributed by atoms with Gasteiger partial charge in [-0.05, 0) is 60.7 Å². The van der Waals surface area contributed by atoms with Gasteiger partial charge in [0.15, 0.2) is 13.2 Å². The van der Waals surface area contributed by atoms with Gasteiger partial charge in [0.05, 0.1) is 12.7 Å². The first-order valence-corrected chi connectivity index (χ1v) is 10.8. The van der Waals surface area contributed by atoms with Gasteiger partial charge in [-0.2, -0.15) is 0 Å². The molecule has 0 aliphatic heterocycles. The van der Waals surface area contributed by atoms with Crippen LogP contribution >= 0.6 is 0 Å². The van der Waals surface area contributed by atoms with Crippen LogP contribution in [0.2, 0.25) is 0 Å². The van der Waals surface area contributed by atoms with Crippen molar-refractivity contribution in [2.75, 3.05) is 36.3 Å². The molecule has 10 nitrogen and oxygen atoms in total. The first-order chi connectivity index (χ1) is 17.3. The summed E-state index contributed by atoms with van der Waals surface area (Å²) in [6.45, 7) is 0.691. The van der Waals surface area contributed by atoms with E-state index in [2.05, 4.69) is 16.0 Å². The Morgan fingerprint density at radius 2 is 1.31 bits per heavy atom. The highest BCUT2D eigenvalue weighted by Crippen LogP contribution is 2.17. The number of nitrogens with one attached hydrogen (secondary N) is 3. The zero-order valence-corrected chi connectivity index (χ0v) is 19.7. The molecule has 0 aliphatic rings. The first-order valence-electron chi connectivity index (χ1n) is 10.8. The van der Waals surface area contributed by atoms with Gasteiger partial charge in [-0.3, -0.25) is 14.4 Å². The number of hydrogen-bond acceptors (Lipinski definition) is 7. The van der Waals surface area contributed by atoms with Crippen LogP contribution in [0, 0.1) is 0 Å². The van der Waals surface area contributed by atoms with E-state index in [9.17, 15) is 19.2 Å². The lowest BCUT2D eigenvalue weighted by Gasteiger charge is -2.10. The van der Waals surface area contributed by atoms with E-state index in [1.165, 1.54) is 38.3 Å². The number of ether oxygens (including phenoxy) is 3. The molecule has 3 aromatic carbocycles. The maximum Gasteiger partial charge on any atom is 0.338 e. The lowest BCUT2D eigenvalue weighted by molar-refractivity contribution is -0.119. The Bertz CT molecular complexity index is 1230. The fraction of sp³-hybridized carbons (Fsp3) is 0.154. The highest BCUT2D eigenvalue weighted by molar-refractivity contribution is 5.96. The van der Waals surface area contributed by atoms with Crippen molar-refractivity contribution in [1.82, 2.24) is 0 Å². The molecule has 3 amide bonds. The standard InChI is InChI=1S/C26H25N3O7/c1-17(30)27-19-8-10-20(11-9-19)28-25(32)16-36-26(33)18-6-12-22(13-7-18)35-15-24(31)29-21-4-3-5-23(14-21)34-2/h3-14H,15-16H2,1-2H3,(H,27,30)(H,28,32)(H,29,31). The van der Waals surface area contributed by atoms with Crippen LogP contribution in [0.4, 0.5) is 17.1 Å². The molecule has 36 heavy (non-hydrogen) atoms. The average Bonchev–Trinajstić information content (AvgIpc) is 2.87. The summed E-state index contributed by atoms with van der Waals surface area (Å²) in [5.41, 5.74) is 1.88. The number of methoxy groups -OCH3 is 1. The van der Waals surface area contributed by atoms with Crippen molar-refractivity contribution in [3.63, 3.8) is 0 Å². The van der Waals surface area contributed by atoms with Crippen LogP contribution in [-0.4, -0.2) is 44.0 Å². The van der Waals surface area contributed by atoms with Crippen molar-refractivity contribution in [3.8, 4) is 11.5 Å². The molecule has 0 unspecified atom stereocenters. The third-order valence-corrected chi connectivity index (χ3v) is 4.64. The fourth-order valence-electron chi connectivity index (χ4n) is 2.99. The Morgan fingerprint density at radius 1 is 0.694 bits per heavy atom. The molecule has 0 aliphatic carbocycles. The van der Waals surface area contributed by atoms with Gasteiger partial charge in [0.2, 0.25) is 5.91 Å². The molecule has 186 valence electrons. The summed E-state index contributed by atoms with van der Waals surface area (Å²) in [6.07, 6.45) is 0. The summed E-state index contributed by atoms with van der Waals surface area (Å²) < 4.78 is 15.6.